The summed E-state index contributed by atoms with van der Waals surface area (Å²) in [4.78, 5) is 22.6. The molecular formula is C14H19NO5S. The predicted octanol–water partition coefficient (Wildman–Crippen LogP) is 2.16. The lowest BCUT2D eigenvalue weighted by Crippen LogP contribution is -2.13. The molecule has 21 heavy (non-hydrogen) atoms. The van der Waals surface area contributed by atoms with E-state index in [1.165, 1.54) is 12.1 Å². The molecule has 0 radical (unpaired) electrons. The van der Waals surface area contributed by atoms with Crippen molar-refractivity contribution in [3.05, 3.63) is 23.8 Å². The van der Waals surface area contributed by atoms with E-state index in [4.69, 9.17) is 5.11 Å². The number of anilines is 1. The summed E-state index contributed by atoms with van der Waals surface area (Å²) in [5, 5.41) is 11.5. The number of sulfone groups is 1. The summed E-state index contributed by atoms with van der Waals surface area (Å²) in [7, 11) is -3.56. The maximum Gasteiger partial charge on any atom is 0.335 e. The minimum Gasteiger partial charge on any atom is -0.478 e. The van der Waals surface area contributed by atoms with E-state index in [0.29, 0.717) is 18.8 Å². The van der Waals surface area contributed by atoms with Gasteiger partial charge in [-0.15, -0.1) is 0 Å². The number of amides is 1. The molecule has 0 aliphatic rings. The smallest absolute Gasteiger partial charge is 0.335 e. The van der Waals surface area contributed by atoms with E-state index in [1.54, 1.807) is 0 Å². The van der Waals surface area contributed by atoms with E-state index < -0.39 is 15.8 Å². The molecule has 7 heteroatoms. The van der Waals surface area contributed by atoms with E-state index in [2.05, 4.69) is 5.32 Å². The van der Waals surface area contributed by atoms with Gasteiger partial charge in [0.25, 0.3) is 0 Å². The van der Waals surface area contributed by atoms with Gasteiger partial charge in [-0.1, -0.05) is 13.8 Å². The normalized spacial score (nSPS) is 11.4. The number of carboxylic acid groups (broad SMARTS) is 1. The Morgan fingerprint density at radius 2 is 1.86 bits per heavy atom. The maximum absolute atomic E-state index is 11.8. The van der Waals surface area contributed by atoms with Crippen molar-refractivity contribution in [2.75, 3.05) is 11.6 Å². The van der Waals surface area contributed by atoms with Gasteiger partial charge in [-0.2, -0.15) is 0 Å². The fourth-order valence-corrected chi connectivity index (χ4v) is 2.33. The van der Waals surface area contributed by atoms with Crippen LogP contribution in [0.2, 0.25) is 0 Å². The number of hydrogen-bond acceptors (Lipinski definition) is 4. The summed E-state index contributed by atoms with van der Waals surface area (Å²) >= 11 is 0. The molecule has 1 aromatic rings. The lowest BCUT2D eigenvalue weighted by Gasteiger charge is -2.09. The van der Waals surface area contributed by atoms with Crippen molar-refractivity contribution in [1.29, 1.82) is 0 Å². The van der Waals surface area contributed by atoms with Gasteiger partial charge in [-0.05, 0) is 30.5 Å². The molecular weight excluding hydrogens is 294 g/mol. The van der Waals surface area contributed by atoms with Crippen molar-refractivity contribution < 1.29 is 23.1 Å². The van der Waals surface area contributed by atoms with Crippen molar-refractivity contribution in [3.8, 4) is 0 Å². The second kappa shape index (κ2) is 6.71. The Labute approximate surface area is 124 Å². The van der Waals surface area contributed by atoms with Crippen LogP contribution in [0.25, 0.3) is 0 Å². The first-order valence-corrected chi connectivity index (χ1v) is 8.37. The summed E-state index contributed by atoms with van der Waals surface area (Å²) < 4.78 is 23.1. The van der Waals surface area contributed by atoms with Crippen molar-refractivity contribution >= 4 is 27.4 Å². The van der Waals surface area contributed by atoms with Crippen molar-refractivity contribution in [1.82, 2.24) is 0 Å². The van der Waals surface area contributed by atoms with Crippen LogP contribution in [0.15, 0.2) is 23.1 Å². The number of carbonyl (C=O) groups is 2. The number of aromatic carboxylic acids is 1. The molecule has 0 heterocycles. The molecule has 0 saturated carbocycles. The Morgan fingerprint density at radius 3 is 2.33 bits per heavy atom. The number of benzene rings is 1. The summed E-state index contributed by atoms with van der Waals surface area (Å²) in [6.45, 7) is 3.97. The zero-order valence-corrected chi connectivity index (χ0v) is 13.0. The van der Waals surface area contributed by atoms with E-state index >= 15 is 0 Å². The molecule has 0 spiro atoms. The van der Waals surface area contributed by atoms with Crippen LogP contribution < -0.4 is 5.32 Å². The number of carbonyl (C=O) groups excluding carboxylic acids is 1. The Bertz CT molecular complexity index is 649. The van der Waals surface area contributed by atoms with Crippen LogP contribution in [0.5, 0.6) is 0 Å². The van der Waals surface area contributed by atoms with E-state index in [9.17, 15) is 18.0 Å². The Kier molecular flexibility index (Phi) is 5.48. The van der Waals surface area contributed by atoms with Crippen molar-refractivity contribution in [2.45, 2.75) is 31.6 Å². The molecule has 1 aromatic carbocycles. The minimum absolute atomic E-state index is 0.137. The average molecular weight is 313 g/mol. The van der Waals surface area contributed by atoms with Gasteiger partial charge in [0.2, 0.25) is 5.91 Å². The van der Waals surface area contributed by atoms with Gasteiger partial charge in [0.15, 0.2) is 9.84 Å². The lowest BCUT2D eigenvalue weighted by atomic mass is 10.1. The fraction of sp³-hybridized carbons (Fsp3) is 0.429. The van der Waals surface area contributed by atoms with Crippen LogP contribution >= 0.6 is 0 Å². The van der Waals surface area contributed by atoms with Gasteiger partial charge in [0.05, 0.1) is 10.5 Å². The molecule has 0 aromatic heterocycles. The largest absolute Gasteiger partial charge is 0.478 e. The van der Waals surface area contributed by atoms with E-state index in [0.717, 1.165) is 12.3 Å². The van der Waals surface area contributed by atoms with Gasteiger partial charge in [-0.25, -0.2) is 13.2 Å². The third kappa shape index (κ3) is 5.55. The summed E-state index contributed by atoms with van der Waals surface area (Å²) in [6, 6.07) is 3.57. The molecule has 0 aliphatic heterocycles. The minimum atomic E-state index is -3.56. The first-order chi connectivity index (χ1) is 9.59. The zero-order valence-electron chi connectivity index (χ0n) is 12.2. The zero-order chi connectivity index (χ0) is 16.2. The maximum atomic E-state index is 11.8. The predicted molar refractivity (Wildman–Crippen MR) is 79.2 cm³/mol. The van der Waals surface area contributed by atoms with Crippen LogP contribution in [0.3, 0.4) is 0 Å². The van der Waals surface area contributed by atoms with Gasteiger partial charge in [0.1, 0.15) is 0 Å². The molecule has 2 N–H and O–H groups in total. The highest BCUT2D eigenvalue weighted by Gasteiger charge is 2.15. The van der Waals surface area contributed by atoms with Crippen LogP contribution in [-0.2, 0) is 14.6 Å². The van der Waals surface area contributed by atoms with Crippen molar-refractivity contribution in [3.63, 3.8) is 0 Å². The van der Waals surface area contributed by atoms with Gasteiger partial charge in [0, 0.05) is 18.4 Å². The highest BCUT2D eigenvalue weighted by Crippen LogP contribution is 2.20. The third-order valence-corrected chi connectivity index (χ3v) is 3.91. The lowest BCUT2D eigenvalue weighted by molar-refractivity contribution is -0.116. The highest BCUT2D eigenvalue weighted by molar-refractivity contribution is 7.90. The fourth-order valence-electron chi connectivity index (χ4n) is 1.65. The Hall–Kier alpha value is -1.89. The molecule has 0 saturated heterocycles. The van der Waals surface area contributed by atoms with E-state index in [-0.39, 0.29) is 22.1 Å². The Morgan fingerprint density at radius 1 is 1.24 bits per heavy atom. The van der Waals surface area contributed by atoms with Crippen LogP contribution in [0.1, 0.15) is 37.0 Å². The third-order valence-electron chi connectivity index (χ3n) is 2.81. The van der Waals surface area contributed by atoms with Gasteiger partial charge >= 0.3 is 5.97 Å². The first kappa shape index (κ1) is 17.2. The summed E-state index contributed by atoms with van der Waals surface area (Å²) in [5.74, 6) is -1.16. The number of carboxylic acids is 1. The topological polar surface area (TPSA) is 101 Å². The van der Waals surface area contributed by atoms with Crippen molar-refractivity contribution in [2.24, 2.45) is 5.92 Å². The first-order valence-electron chi connectivity index (χ1n) is 6.48. The van der Waals surface area contributed by atoms with Crippen LogP contribution in [-0.4, -0.2) is 31.7 Å². The molecule has 0 unspecified atom stereocenters. The summed E-state index contributed by atoms with van der Waals surface area (Å²) in [6.07, 6.45) is 1.98. The quantitative estimate of drug-likeness (QED) is 0.838. The van der Waals surface area contributed by atoms with Gasteiger partial charge < -0.3 is 10.4 Å². The molecule has 6 nitrogen and oxygen atoms in total. The second-order valence-corrected chi connectivity index (χ2v) is 7.32. The van der Waals surface area contributed by atoms with E-state index in [1.807, 2.05) is 13.8 Å². The summed E-state index contributed by atoms with van der Waals surface area (Å²) in [5.41, 5.74) is -0.0128. The van der Waals surface area contributed by atoms with Gasteiger partial charge in [-0.3, -0.25) is 4.79 Å². The molecule has 1 amide bonds. The van der Waals surface area contributed by atoms with Crippen LogP contribution in [0.4, 0.5) is 5.69 Å². The standard InChI is InChI=1S/C14H19NO5S/c1-9(2)4-5-13(16)15-11-6-10(14(17)18)7-12(8-11)21(3,19)20/h6-9H,4-5H2,1-3H3,(H,15,16)(H,17,18). The molecule has 0 atom stereocenters. The molecule has 0 aliphatic carbocycles. The molecule has 1 rings (SSSR count). The molecule has 0 bridgehead atoms. The SMILES string of the molecule is CC(C)CCC(=O)Nc1cc(C(=O)O)cc(S(C)(=O)=O)c1. The second-order valence-electron chi connectivity index (χ2n) is 5.30. The Balaban J connectivity index is 3.04. The number of nitrogens with one attached hydrogen (secondary N) is 1. The average Bonchev–Trinajstić information content (AvgIpc) is 2.34. The monoisotopic (exact) mass is 313 g/mol. The highest BCUT2D eigenvalue weighted by atomic mass is 32.2. The van der Waals surface area contributed by atoms with Crippen LogP contribution in [0, 0.1) is 5.92 Å². The number of rotatable bonds is 6. The molecule has 116 valence electrons. The molecule has 0 fully saturated rings. The number of hydrogen-bond donors (Lipinski definition) is 2.